The van der Waals surface area contributed by atoms with E-state index in [1.165, 1.54) is 0 Å². The van der Waals surface area contributed by atoms with Crippen LogP contribution >= 0.6 is 0 Å². The molecule has 0 saturated carbocycles. The van der Waals surface area contributed by atoms with E-state index in [2.05, 4.69) is 5.32 Å². The fourth-order valence-electron chi connectivity index (χ4n) is 2.84. The van der Waals surface area contributed by atoms with Gasteiger partial charge in [-0.05, 0) is 29.8 Å². The van der Waals surface area contributed by atoms with Crippen molar-refractivity contribution in [1.29, 1.82) is 0 Å². The summed E-state index contributed by atoms with van der Waals surface area (Å²) in [6.45, 7) is 4.38. The van der Waals surface area contributed by atoms with Crippen LogP contribution in [0.5, 0.6) is 17.2 Å². The smallest absolute Gasteiger partial charge is 0.165 e. The zero-order chi connectivity index (χ0) is 21.0. The molecule has 0 bridgehead atoms. The number of hydrogen-bond acceptors (Lipinski definition) is 5. The van der Waals surface area contributed by atoms with Crippen LogP contribution in [0.3, 0.4) is 0 Å². The van der Waals surface area contributed by atoms with Crippen LogP contribution in [-0.4, -0.2) is 30.9 Å². The predicted octanol–water partition coefficient (Wildman–Crippen LogP) is 4.19. The second-order valence-electron chi connectivity index (χ2n) is 6.93. The molecule has 0 unspecified atom stereocenters. The van der Waals surface area contributed by atoms with Crippen molar-refractivity contribution >= 4 is 0 Å². The first-order valence-electron chi connectivity index (χ1n) is 10.2. The number of nitrogens with one attached hydrogen (secondary N) is 1. The maximum Gasteiger partial charge on any atom is 0.165 e. The summed E-state index contributed by atoms with van der Waals surface area (Å²) in [7, 11) is 0. The van der Waals surface area contributed by atoms with Crippen molar-refractivity contribution in [2.45, 2.75) is 26.2 Å². The normalized spacial score (nSPS) is 11.7. The summed E-state index contributed by atoms with van der Waals surface area (Å²) in [4.78, 5) is 0. The van der Waals surface area contributed by atoms with Gasteiger partial charge in [-0.25, -0.2) is 0 Å². The second-order valence-corrected chi connectivity index (χ2v) is 6.93. The summed E-state index contributed by atoms with van der Waals surface area (Å²) >= 11 is 0. The minimum absolute atomic E-state index is 0.204. The molecular formula is C25H29NO4. The summed E-state index contributed by atoms with van der Waals surface area (Å²) in [6, 6.07) is 25.5. The number of likely N-dealkylation sites (N-methyl/N-ethyl adjacent to an activating group) is 1. The summed E-state index contributed by atoms with van der Waals surface area (Å²) < 4.78 is 17.8. The Kier molecular flexibility index (Phi) is 8.57. The highest BCUT2D eigenvalue weighted by Gasteiger charge is 2.11. The lowest BCUT2D eigenvalue weighted by molar-refractivity contribution is 0.106. The van der Waals surface area contributed by atoms with E-state index >= 15 is 0 Å². The zero-order valence-corrected chi connectivity index (χ0v) is 17.3. The van der Waals surface area contributed by atoms with E-state index in [9.17, 15) is 5.11 Å². The number of ether oxygens (including phenoxy) is 3. The Balaban J connectivity index is 1.68. The second kappa shape index (κ2) is 11.9. The first-order valence-corrected chi connectivity index (χ1v) is 10.2. The van der Waals surface area contributed by atoms with Gasteiger partial charge in [0.2, 0.25) is 0 Å². The van der Waals surface area contributed by atoms with Gasteiger partial charge < -0.3 is 24.6 Å². The molecule has 0 saturated heterocycles. The molecule has 158 valence electrons. The fraction of sp³-hybridized carbons (Fsp3) is 0.280. The van der Waals surface area contributed by atoms with Crippen molar-refractivity contribution < 1.29 is 19.3 Å². The standard InChI is InChI=1S/C25H29NO4/c1-2-26-16-22(27)19-28-23-13-14-24(29-17-20-9-5-3-6-10-20)25(15-23)30-18-21-11-7-4-8-12-21/h3-15,22,26-27H,2,16-19H2,1H3/t22-/m1/s1. The number of hydrogen-bond donors (Lipinski definition) is 2. The van der Waals surface area contributed by atoms with Gasteiger partial charge in [0.05, 0.1) is 0 Å². The van der Waals surface area contributed by atoms with Gasteiger partial charge in [0.25, 0.3) is 0 Å². The van der Waals surface area contributed by atoms with Gasteiger partial charge in [0.15, 0.2) is 11.5 Å². The van der Waals surface area contributed by atoms with Crippen LogP contribution in [0.2, 0.25) is 0 Å². The Morgan fingerprint density at radius 3 is 1.97 bits per heavy atom. The molecule has 0 aliphatic rings. The molecule has 0 amide bonds. The van der Waals surface area contributed by atoms with Crippen molar-refractivity contribution in [2.75, 3.05) is 19.7 Å². The molecule has 0 heterocycles. The van der Waals surface area contributed by atoms with Crippen molar-refractivity contribution in [1.82, 2.24) is 5.32 Å². The number of aliphatic hydroxyl groups excluding tert-OH is 1. The van der Waals surface area contributed by atoms with Gasteiger partial charge in [-0.15, -0.1) is 0 Å². The van der Waals surface area contributed by atoms with E-state index in [1.807, 2.05) is 85.8 Å². The maximum atomic E-state index is 9.98. The van der Waals surface area contributed by atoms with Gasteiger partial charge in [-0.2, -0.15) is 0 Å². The molecule has 0 radical (unpaired) electrons. The van der Waals surface area contributed by atoms with Crippen LogP contribution < -0.4 is 19.5 Å². The van der Waals surface area contributed by atoms with Crippen LogP contribution in [0.4, 0.5) is 0 Å². The van der Waals surface area contributed by atoms with Crippen LogP contribution in [0.25, 0.3) is 0 Å². The van der Waals surface area contributed by atoms with Gasteiger partial charge in [0.1, 0.15) is 31.7 Å². The van der Waals surface area contributed by atoms with E-state index in [4.69, 9.17) is 14.2 Å². The third-order valence-electron chi connectivity index (χ3n) is 4.46. The minimum Gasteiger partial charge on any atom is -0.491 e. The van der Waals surface area contributed by atoms with Crippen LogP contribution in [0, 0.1) is 0 Å². The highest BCUT2D eigenvalue weighted by atomic mass is 16.5. The van der Waals surface area contributed by atoms with E-state index in [0.717, 1.165) is 17.7 Å². The topological polar surface area (TPSA) is 60.0 Å². The maximum absolute atomic E-state index is 9.98. The molecule has 0 aliphatic carbocycles. The first kappa shape index (κ1) is 21.7. The van der Waals surface area contributed by atoms with Crippen LogP contribution in [0.15, 0.2) is 78.9 Å². The molecule has 5 nitrogen and oxygen atoms in total. The average molecular weight is 408 g/mol. The third-order valence-corrected chi connectivity index (χ3v) is 4.46. The Hall–Kier alpha value is -3.02. The van der Waals surface area contributed by atoms with E-state index < -0.39 is 6.10 Å². The monoisotopic (exact) mass is 407 g/mol. The molecule has 0 fully saturated rings. The molecule has 30 heavy (non-hydrogen) atoms. The van der Waals surface area contributed by atoms with E-state index in [-0.39, 0.29) is 6.61 Å². The molecule has 3 aromatic carbocycles. The van der Waals surface area contributed by atoms with E-state index in [1.54, 1.807) is 0 Å². The highest BCUT2D eigenvalue weighted by Crippen LogP contribution is 2.33. The number of aliphatic hydroxyl groups is 1. The number of rotatable bonds is 12. The van der Waals surface area contributed by atoms with E-state index in [0.29, 0.717) is 37.0 Å². The lowest BCUT2D eigenvalue weighted by Crippen LogP contribution is -2.31. The fourth-order valence-corrected chi connectivity index (χ4v) is 2.84. The molecule has 3 aromatic rings. The van der Waals surface area contributed by atoms with Crippen LogP contribution in [-0.2, 0) is 13.2 Å². The molecule has 5 heteroatoms. The SMILES string of the molecule is CCNC[C@@H](O)COc1ccc(OCc2ccccc2)c(OCc2ccccc2)c1. The Morgan fingerprint density at radius 2 is 1.37 bits per heavy atom. The summed E-state index contributed by atoms with van der Waals surface area (Å²) in [5, 5.41) is 13.1. The molecule has 0 aromatic heterocycles. The molecule has 3 rings (SSSR count). The molecule has 0 aliphatic heterocycles. The quantitative estimate of drug-likeness (QED) is 0.471. The van der Waals surface area contributed by atoms with Crippen molar-refractivity contribution in [3.05, 3.63) is 90.0 Å². The Labute approximate surface area is 178 Å². The molecule has 1 atom stereocenters. The summed E-state index contributed by atoms with van der Waals surface area (Å²) in [5.74, 6) is 1.88. The third kappa shape index (κ3) is 7.10. The van der Waals surface area contributed by atoms with Crippen molar-refractivity contribution in [2.24, 2.45) is 0 Å². The highest BCUT2D eigenvalue weighted by molar-refractivity contribution is 5.46. The summed E-state index contributed by atoms with van der Waals surface area (Å²) in [5.41, 5.74) is 2.15. The molecule has 0 spiro atoms. The van der Waals surface area contributed by atoms with Gasteiger partial charge in [-0.1, -0.05) is 67.6 Å². The number of benzene rings is 3. The largest absolute Gasteiger partial charge is 0.491 e. The van der Waals surface area contributed by atoms with Crippen LogP contribution in [0.1, 0.15) is 18.1 Å². The average Bonchev–Trinajstić information content (AvgIpc) is 2.80. The zero-order valence-electron chi connectivity index (χ0n) is 17.3. The summed E-state index contributed by atoms with van der Waals surface area (Å²) in [6.07, 6.45) is -0.576. The Morgan fingerprint density at radius 1 is 0.767 bits per heavy atom. The van der Waals surface area contributed by atoms with Crippen molar-refractivity contribution in [3.63, 3.8) is 0 Å². The molecule has 2 N–H and O–H groups in total. The molecular weight excluding hydrogens is 378 g/mol. The lowest BCUT2D eigenvalue weighted by Gasteiger charge is -2.16. The van der Waals surface area contributed by atoms with Crippen molar-refractivity contribution in [3.8, 4) is 17.2 Å². The minimum atomic E-state index is -0.576. The van der Waals surface area contributed by atoms with Gasteiger partial charge >= 0.3 is 0 Å². The predicted molar refractivity (Wildman–Crippen MR) is 118 cm³/mol. The van der Waals surface area contributed by atoms with Gasteiger partial charge in [0, 0.05) is 12.6 Å². The first-order chi connectivity index (χ1) is 14.7. The van der Waals surface area contributed by atoms with Gasteiger partial charge in [-0.3, -0.25) is 0 Å². The lowest BCUT2D eigenvalue weighted by atomic mass is 10.2. The Bertz CT molecular complexity index is 871.